The number of fused-ring (bicyclic) bond motifs is 8. The fourth-order valence-electron chi connectivity index (χ4n) is 10.8. The first-order valence-corrected chi connectivity index (χ1v) is 24.8. The third kappa shape index (κ3) is 10.0. The molecule has 4 fully saturated rings. The molecule has 4 nitrogen and oxygen atoms in total. The van der Waals surface area contributed by atoms with Crippen molar-refractivity contribution in [3.8, 4) is 44.5 Å². The van der Waals surface area contributed by atoms with E-state index in [0.29, 0.717) is 25.7 Å². The molecule has 4 aromatic carbocycles. The number of nitrogens with one attached hydrogen (secondary N) is 2. The van der Waals surface area contributed by atoms with Crippen molar-refractivity contribution in [1.82, 2.24) is 19.9 Å². The van der Waals surface area contributed by atoms with Gasteiger partial charge in [-0.3, -0.25) is 0 Å². The zero-order chi connectivity index (χ0) is 49.3. The summed E-state index contributed by atoms with van der Waals surface area (Å²) in [4.78, 5) is 18.8. The Hall–Kier alpha value is -3.48. The van der Waals surface area contributed by atoms with Crippen molar-refractivity contribution >= 4 is 138 Å². The van der Waals surface area contributed by atoms with E-state index in [1.54, 1.807) is 0 Å². The molecule has 0 saturated carbocycles. The zero-order valence-electron chi connectivity index (χ0n) is 41.5. The summed E-state index contributed by atoms with van der Waals surface area (Å²) in [6.07, 6.45) is 11.1. The minimum Gasteiger partial charge on any atom is -0.354 e. The molecule has 2 N–H and O–H groups in total. The molecule has 9 heterocycles. The van der Waals surface area contributed by atoms with E-state index >= 15 is 0 Å². The molecule has 74 heavy (non-hydrogen) atoms. The van der Waals surface area contributed by atoms with Crippen molar-refractivity contribution < 1.29 is 70.9 Å². The molecule has 0 amide bonds. The van der Waals surface area contributed by atoms with E-state index < -0.39 is 20.9 Å². The fourth-order valence-corrected chi connectivity index (χ4v) is 10.8. The summed E-state index contributed by atoms with van der Waals surface area (Å²) >= 11 is 0. The third-order valence-corrected chi connectivity index (χ3v) is 15.8. The second kappa shape index (κ2) is 19.8. The van der Waals surface area contributed by atoms with Gasteiger partial charge in [-0.05, 0) is 119 Å². The van der Waals surface area contributed by atoms with Gasteiger partial charge in [0, 0.05) is 44.3 Å². The van der Waals surface area contributed by atoms with Crippen LogP contribution in [0.4, 0.5) is 0 Å². The topological polar surface area (TPSA) is 57.4 Å². The number of hydrogen-bond acceptors (Lipinski definition) is 2. The minimum absolute atomic E-state index is 0. The average Bonchev–Trinajstić information content (AvgIpc) is 4.06. The normalized spacial score (nSPS) is 26.3. The first kappa shape index (κ1) is 52.6. The molecule has 318 valence electrons. The summed E-state index contributed by atoms with van der Waals surface area (Å²) in [5.74, 6) is 0. The van der Waals surface area contributed by atoms with Gasteiger partial charge >= 0.3 is 70.9 Å². The SMILES string of the molecule is [B]C1[B]C1([B])Cc1ccc(-c2c3nc(c(-c4ccc(CC5([B])[B]C5[B])cc4)c4ccc([nH]4)c(-c4ccc(CC5([B])[B]C5[B])cc4)c4nc(c(-c5ccc(CC6([B])[B]C6[B])cc5)c5ccc2[nH]5)C=C4)C=C3)cc1.[K+].[Zn+2]. The van der Waals surface area contributed by atoms with Gasteiger partial charge in [-0.15, -0.1) is 22.9 Å². The molecule has 6 aliphatic rings. The van der Waals surface area contributed by atoms with E-state index in [-0.39, 0.29) is 93.7 Å². The minimum atomic E-state index is -0.487. The molecule has 0 aliphatic carbocycles. The molecule has 18 heteroatoms. The van der Waals surface area contributed by atoms with Gasteiger partial charge in [0.1, 0.15) is 0 Å². The van der Waals surface area contributed by atoms with Crippen molar-refractivity contribution in [3.63, 3.8) is 0 Å². The van der Waals surface area contributed by atoms with Crippen molar-refractivity contribution in [2.24, 2.45) is 0 Å². The third-order valence-electron chi connectivity index (χ3n) is 15.8. The van der Waals surface area contributed by atoms with Gasteiger partial charge in [0.15, 0.2) is 0 Å². The van der Waals surface area contributed by atoms with Gasteiger partial charge in [-0.2, -0.15) is 0 Å². The molecule has 20 radical (unpaired) electrons. The van der Waals surface area contributed by atoms with E-state index in [1.807, 2.05) is 29.1 Å². The number of benzene rings is 4. The second-order valence-corrected chi connectivity index (χ2v) is 21.2. The van der Waals surface area contributed by atoms with Crippen molar-refractivity contribution in [1.29, 1.82) is 0 Å². The van der Waals surface area contributed by atoms with Crippen LogP contribution in [0.15, 0.2) is 121 Å². The molecular weight excluding hydrogens is 963 g/mol. The van der Waals surface area contributed by atoms with Gasteiger partial charge < -0.3 is 9.97 Å². The first-order chi connectivity index (χ1) is 34.6. The van der Waals surface area contributed by atoms with E-state index in [2.05, 4.69) is 156 Å². The Bertz CT molecular complexity index is 3130. The molecule has 4 saturated heterocycles. The maximum atomic E-state index is 6.56. The number of aromatic amines is 2. The molecule has 8 unspecified atom stereocenters. The van der Waals surface area contributed by atoms with Gasteiger partial charge in [-0.25, -0.2) is 9.97 Å². The molecule has 13 rings (SSSR count). The van der Waals surface area contributed by atoms with E-state index in [0.717, 1.165) is 112 Å². The standard InChI is InChI=1S/C56H38B12N4.K.Zn/c57-49-53(61,65-49)25-29-1-9-33(10-2-29)45-37-17-19-39(69-37)46(34-11-3-30(4-12-34)26-54(62)50(58)66-54)41-21-23-43(71-41)48(36-15-7-32(8-16-36)28-56(64)52(60)68-56)44-24-22-42(72-44)47(40-20-18-38(45)70-40)35-13-5-31(6-14-35)27-55(63)51(59)67-55;;/h1-24,49-52,69,72H,25-28H2;;/q;+1;+2. The number of H-pyrrole nitrogens is 2. The summed E-state index contributed by atoms with van der Waals surface area (Å²) in [5, 5.41) is -1.95. The van der Waals surface area contributed by atoms with Crippen LogP contribution in [0.25, 0.3) is 90.9 Å². The van der Waals surface area contributed by atoms with Crippen molar-refractivity contribution in [2.45, 2.75) is 69.4 Å². The quantitative estimate of drug-likeness (QED) is 0.144. The predicted molar refractivity (Wildman–Crippen MR) is 310 cm³/mol. The second-order valence-electron chi connectivity index (χ2n) is 21.2. The van der Waals surface area contributed by atoms with Gasteiger partial charge in [0.2, 0.25) is 0 Å². The Morgan fingerprint density at radius 2 is 0.541 bits per heavy atom. The van der Waals surface area contributed by atoms with E-state index in [1.165, 1.54) is 0 Å². The maximum absolute atomic E-state index is 6.56. The maximum Gasteiger partial charge on any atom is 2.00 e. The Morgan fingerprint density at radius 1 is 0.351 bits per heavy atom. The Kier molecular flexibility index (Phi) is 14.0. The molecular formula is C56H38B12KN4Zn+3. The zero-order valence-corrected chi connectivity index (χ0v) is 47.6. The summed E-state index contributed by atoms with van der Waals surface area (Å²) < 4.78 is 0. The summed E-state index contributed by atoms with van der Waals surface area (Å²) in [6, 6.07) is 42.9. The number of rotatable bonds is 12. The molecule has 8 atom stereocenters. The molecule has 7 aromatic rings. The monoisotopic (exact) mass is 1000 g/mol. The predicted octanol–water partition coefficient (Wildman–Crippen LogP) is 6.16. The number of aromatic nitrogens is 4. The molecule has 6 aliphatic heterocycles. The summed E-state index contributed by atoms with van der Waals surface area (Å²) in [5.41, 5.74) is 18.7. The van der Waals surface area contributed by atoms with Gasteiger partial charge in [-0.1, -0.05) is 118 Å². The molecule has 3 aromatic heterocycles. The van der Waals surface area contributed by atoms with Gasteiger partial charge in [0.25, 0.3) is 0 Å². The van der Waals surface area contributed by atoms with E-state index in [4.69, 9.17) is 72.7 Å². The smallest absolute Gasteiger partial charge is 0.354 e. The largest absolute Gasteiger partial charge is 2.00 e. The first-order valence-electron chi connectivity index (χ1n) is 24.8. The van der Waals surface area contributed by atoms with Crippen LogP contribution in [0, 0.1) is 0 Å². The molecule has 8 bridgehead atoms. The Morgan fingerprint density at radius 3 is 0.716 bits per heavy atom. The molecule has 0 spiro atoms. The van der Waals surface area contributed by atoms with Crippen LogP contribution in [0.1, 0.15) is 45.0 Å². The van der Waals surface area contributed by atoms with Crippen LogP contribution in [0.5, 0.6) is 0 Å². The van der Waals surface area contributed by atoms with E-state index in [9.17, 15) is 0 Å². The number of nitrogens with zero attached hydrogens (tertiary/aromatic N) is 2. The average molecular weight is 1000 g/mol. The van der Waals surface area contributed by atoms with Crippen LogP contribution < -0.4 is 51.4 Å². The summed E-state index contributed by atoms with van der Waals surface area (Å²) in [6.45, 7) is 0. The number of hydrogen-bond donors (Lipinski definition) is 2. The Balaban J connectivity index is 0.00000294. The van der Waals surface area contributed by atoms with Crippen LogP contribution in [0.2, 0.25) is 43.7 Å². The van der Waals surface area contributed by atoms with Crippen LogP contribution in [-0.2, 0) is 45.2 Å². The van der Waals surface area contributed by atoms with Crippen molar-refractivity contribution in [3.05, 3.63) is 166 Å². The van der Waals surface area contributed by atoms with Gasteiger partial charge in [0.05, 0.1) is 115 Å². The van der Waals surface area contributed by atoms with Crippen LogP contribution >= 0.6 is 0 Å². The summed E-state index contributed by atoms with van der Waals surface area (Å²) in [7, 11) is 59.0. The van der Waals surface area contributed by atoms with Crippen LogP contribution in [0.3, 0.4) is 0 Å². The Labute approximate surface area is 503 Å². The fraction of sp³-hybridized carbons (Fsp3) is 0.214. The van der Waals surface area contributed by atoms with Crippen molar-refractivity contribution in [2.75, 3.05) is 0 Å². The van der Waals surface area contributed by atoms with Crippen LogP contribution in [-0.4, -0.2) is 112 Å².